The van der Waals surface area contributed by atoms with E-state index < -0.39 is 16.8 Å². The number of carbonyl (C=O) groups is 1. The molecule has 0 spiro atoms. The summed E-state index contributed by atoms with van der Waals surface area (Å²) < 4.78 is 13.5. The Morgan fingerprint density at radius 1 is 1.14 bits per heavy atom. The number of benzene rings is 2. The van der Waals surface area contributed by atoms with Crippen LogP contribution in [0.5, 0.6) is 0 Å². The Hall–Kier alpha value is -2.67. The van der Waals surface area contributed by atoms with Crippen LogP contribution < -0.4 is 10.6 Å². The molecule has 6 nitrogen and oxygen atoms in total. The number of halogens is 2. The van der Waals surface area contributed by atoms with E-state index >= 15 is 0 Å². The third-order valence-electron chi connectivity index (χ3n) is 2.54. The van der Waals surface area contributed by atoms with Gasteiger partial charge in [-0.05, 0) is 24.3 Å². The molecule has 0 atom stereocenters. The number of nitro groups is 1. The zero-order valence-electron chi connectivity index (χ0n) is 10.5. The second kappa shape index (κ2) is 6.19. The largest absolute Gasteiger partial charge is 0.323 e. The number of non-ortho nitro benzene ring substituents is 1. The van der Waals surface area contributed by atoms with Crippen molar-refractivity contribution in [3.05, 3.63) is 63.4 Å². The molecule has 21 heavy (non-hydrogen) atoms. The van der Waals surface area contributed by atoms with Gasteiger partial charge in [0.15, 0.2) is 0 Å². The molecule has 2 rings (SSSR count). The van der Waals surface area contributed by atoms with E-state index in [0.29, 0.717) is 5.69 Å². The predicted molar refractivity (Wildman–Crippen MR) is 77.1 cm³/mol. The Kier molecular flexibility index (Phi) is 4.34. The summed E-state index contributed by atoms with van der Waals surface area (Å²) >= 11 is 5.77. The number of nitrogens with one attached hydrogen (secondary N) is 2. The zero-order chi connectivity index (χ0) is 15.4. The first-order valence-corrected chi connectivity index (χ1v) is 6.11. The first-order valence-electron chi connectivity index (χ1n) is 5.74. The van der Waals surface area contributed by atoms with Crippen LogP contribution in [0, 0.1) is 15.9 Å². The van der Waals surface area contributed by atoms with Gasteiger partial charge < -0.3 is 10.6 Å². The first kappa shape index (κ1) is 14.7. The lowest BCUT2D eigenvalue weighted by Crippen LogP contribution is -2.20. The number of rotatable bonds is 3. The smallest absolute Gasteiger partial charge is 0.308 e. The standard InChI is InChI=1S/C13H9ClFN3O3/c14-10-2-1-3-11(15)12(10)17-13(19)16-8-4-6-9(7-5-8)18(20)21/h1-7H,(H2,16,17,19). The maximum atomic E-state index is 13.5. The highest BCUT2D eigenvalue weighted by atomic mass is 35.5. The van der Waals surface area contributed by atoms with Crippen molar-refractivity contribution in [2.45, 2.75) is 0 Å². The van der Waals surface area contributed by atoms with E-state index in [1.807, 2.05) is 0 Å². The summed E-state index contributed by atoms with van der Waals surface area (Å²) in [6.45, 7) is 0. The van der Waals surface area contributed by atoms with Crippen LogP contribution >= 0.6 is 11.6 Å². The van der Waals surface area contributed by atoms with Crippen molar-refractivity contribution in [2.75, 3.05) is 10.6 Å². The predicted octanol–water partition coefficient (Wildman–Crippen LogP) is 4.03. The van der Waals surface area contributed by atoms with Gasteiger partial charge in [0, 0.05) is 17.8 Å². The third kappa shape index (κ3) is 3.67. The van der Waals surface area contributed by atoms with E-state index in [-0.39, 0.29) is 16.4 Å². The molecule has 0 saturated carbocycles. The van der Waals surface area contributed by atoms with Gasteiger partial charge in [-0.15, -0.1) is 0 Å². The number of anilines is 2. The molecule has 0 aliphatic rings. The summed E-state index contributed by atoms with van der Waals surface area (Å²) in [5.41, 5.74) is 0.0854. The highest BCUT2D eigenvalue weighted by molar-refractivity contribution is 6.33. The van der Waals surface area contributed by atoms with Gasteiger partial charge >= 0.3 is 6.03 Å². The van der Waals surface area contributed by atoms with Crippen LogP contribution in [0.15, 0.2) is 42.5 Å². The van der Waals surface area contributed by atoms with Crippen molar-refractivity contribution in [2.24, 2.45) is 0 Å². The van der Waals surface area contributed by atoms with Gasteiger partial charge in [-0.1, -0.05) is 17.7 Å². The van der Waals surface area contributed by atoms with Crippen molar-refractivity contribution in [3.8, 4) is 0 Å². The average Bonchev–Trinajstić information content (AvgIpc) is 2.43. The lowest BCUT2D eigenvalue weighted by atomic mass is 10.3. The number of nitro benzene ring substituents is 1. The van der Waals surface area contributed by atoms with E-state index in [1.165, 1.54) is 36.4 Å². The number of hydrogen-bond acceptors (Lipinski definition) is 3. The normalized spacial score (nSPS) is 10.0. The van der Waals surface area contributed by atoms with Crippen LogP contribution in [0.1, 0.15) is 0 Å². The summed E-state index contributed by atoms with van der Waals surface area (Å²) in [6, 6.07) is 8.51. The highest BCUT2D eigenvalue weighted by Crippen LogP contribution is 2.24. The molecule has 0 aromatic heterocycles. The van der Waals surface area contributed by atoms with Gasteiger partial charge in [0.25, 0.3) is 5.69 Å². The molecule has 0 bridgehead atoms. The highest BCUT2D eigenvalue weighted by Gasteiger charge is 2.11. The number of para-hydroxylation sites is 1. The van der Waals surface area contributed by atoms with Gasteiger partial charge in [0.2, 0.25) is 0 Å². The Morgan fingerprint density at radius 2 is 1.81 bits per heavy atom. The maximum Gasteiger partial charge on any atom is 0.323 e. The molecule has 0 heterocycles. The van der Waals surface area contributed by atoms with Crippen molar-refractivity contribution in [1.82, 2.24) is 0 Å². The number of nitrogens with zero attached hydrogens (tertiary/aromatic N) is 1. The van der Waals surface area contributed by atoms with Gasteiger partial charge in [-0.25, -0.2) is 9.18 Å². The minimum Gasteiger partial charge on any atom is -0.308 e. The summed E-state index contributed by atoms with van der Waals surface area (Å²) in [5, 5.41) is 15.3. The van der Waals surface area contributed by atoms with E-state index in [4.69, 9.17) is 11.6 Å². The summed E-state index contributed by atoms with van der Waals surface area (Å²) in [5.74, 6) is -0.665. The third-order valence-corrected chi connectivity index (χ3v) is 2.85. The second-order valence-electron chi connectivity index (χ2n) is 3.98. The minimum atomic E-state index is -0.712. The van der Waals surface area contributed by atoms with Crippen molar-refractivity contribution >= 4 is 34.7 Å². The van der Waals surface area contributed by atoms with Crippen LogP contribution in [0.2, 0.25) is 5.02 Å². The van der Waals surface area contributed by atoms with Crippen LogP contribution in [-0.4, -0.2) is 11.0 Å². The number of carbonyl (C=O) groups excluding carboxylic acids is 1. The summed E-state index contributed by atoms with van der Waals surface area (Å²) in [7, 11) is 0. The number of urea groups is 1. The fourth-order valence-corrected chi connectivity index (χ4v) is 1.77. The minimum absolute atomic E-state index is 0.0637. The SMILES string of the molecule is O=C(Nc1ccc([N+](=O)[O-])cc1)Nc1c(F)cccc1Cl. The van der Waals surface area contributed by atoms with Gasteiger partial charge in [-0.2, -0.15) is 0 Å². The topological polar surface area (TPSA) is 84.3 Å². The van der Waals surface area contributed by atoms with Gasteiger partial charge in [-0.3, -0.25) is 10.1 Å². The van der Waals surface area contributed by atoms with Crippen LogP contribution in [-0.2, 0) is 0 Å². The first-order chi connectivity index (χ1) is 9.97. The molecule has 2 aromatic rings. The van der Waals surface area contributed by atoms with Crippen LogP contribution in [0.3, 0.4) is 0 Å². The molecule has 0 fully saturated rings. The monoisotopic (exact) mass is 309 g/mol. The van der Waals surface area contributed by atoms with E-state index in [0.717, 1.165) is 6.07 Å². The molecule has 2 amide bonds. The van der Waals surface area contributed by atoms with E-state index in [9.17, 15) is 19.3 Å². The maximum absolute atomic E-state index is 13.5. The lowest BCUT2D eigenvalue weighted by Gasteiger charge is -2.09. The molecule has 0 aliphatic carbocycles. The van der Waals surface area contributed by atoms with Crippen molar-refractivity contribution in [3.63, 3.8) is 0 Å². The van der Waals surface area contributed by atoms with E-state index in [2.05, 4.69) is 10.6 Å². The molecule has 2 aromatic carbocycles. The van der Waals surface area contributed by atoms with Crippen LogP contribution in [0.25, 0.3) is 0 Å². The molecule has 0 unspecified atom stereocenters. The lowest BCUT2D eigenvalue weighted by molar-refractivity contribution is -0.384. The molecule has 108 valence electrons. The molecule has 0 saturated heterocycles. The molecule has 8 heteroatoms. The summed E-state index contributed by atoms with van der Waals surface area (Å²) in [6.07, 6.45) is 0. The Labute approximate surface area is 123 Å². The van der Waals surface area contributed by atoms with E-state index in [1.54, 1.807) is 0 Å². The molecular formula is C13H9ClFN3O3. The molecular weight excluding hydrogens is 301 g/mol. The van der Waals surface area contributed by atoms with Crippen molar-refractivity contribution < 1.29 is 14.1 Å². The Morgan fingerprint density at radius 3 is 2.38 bits per heavy atom. The molecule has 0 radical (unpaired) electrons. The Balaban J connectivity index is 2.06. The zero-order valence-corrected chi connectivity index (χ0v) is 11.2. The molecule has 2 N–H and O–H groups in total. The van der Waals surface area contributed by atoms with Gasteiger partial charge in [0.1, 0.15) is 5.82 Å². The Bertz CT molecular complexity index is 671. The number of amides is 2. The molecule has 0 aliphatic heterocycles. The summed E-state index contributed by atoms with van der Waals surface area (Å²) in [4.78, 5) is 21.7. The average molecular weight is 310 g/mol. The second-order valence-corrected chi connectivity index (χ2v) is 4.39. The quantitative estimate of drug-likeness (QED) is 0.663. The van der Waals surface area contributed by atoms with Gasteiger partial charge in [0.05, 0.1) is 15.6 Å². The fraction of sp³-hybridized carbons (Fsp3) is 0. The van der Waals surface area contributed by atoms with Crippen molar-refractivity contribution in [1.29, 1.82) is 0 Å². The van der Waals surface area contributed by atoms with Crippen LogP contribution in [0.4, 0.5) is 26.2 Å². The number of hydrogen-bond donors (Lipinski definition) is 2. The fourth-order valence-electron chi connectivity index (χ4n) is 1.56.